The summed E-state index contributed by atoms with van der Waals surface area (Å²) in [6.45, 7) is 7.74. The summed E-state index contributed by atoms with van der Waals surface area (Å²) in [5.41, 5.74) is 35.7. The monoisotopic (exact) mass is 1280 g/mol. The maximum absolute atomic E-state index is 14.7. The van der Waals surface area contributed by atoms with E-state index in [-0.39, 0.29) is 90.0 Å². The number of benzene rings is 1. The highest BCUT2D eigenvalue weighted by atomic mass is 16.5. The summed E-state index contributed by atoms with van der Waals surface area (Å²) < 4.78 is 5.37. The van der Waals surface area contributed by atoms with Gasteiger partial charge in [-0.05, 0) is 115 Å². The van der Waals surface area contributed by atoms with Crippen LogP contribution in [-0.4, -0.2) is 206 Å². The predicted molar refractivity (Wildman–Crippen MR) is 330 cm³/mol. The molecule has 1 aliphatic heterocycles. The van der Waals surface area contributed by atoms with Crippen LogP contribution in [0, 0.1) is 11.8 Å². The number of nitrogens with two attached hydrogens (primary N) is 6. The molecule has 0 saturated carbocycles. The minimum atomic E-state index is -1.84. The van der Waals surface area contributed by atoms with Crippen LogP contribution in [0.5, 0.6) is 0 Å². The van der Waals surface area contributed by atoms with Crippen molar-refractivity contribution in [3.05, 3.63) is 35.9 Å². The molecule has 1 aliphatic rings. The van der Waals surface area contributed by atoms with Crippen molar-refractivity contribution in [1.29, 1.82) is 0 Å². The zero-order valence-electron chi connectivity index (χ0n) is 52.6. The first kappa shape index (κ1) is 78.6. The highest BCUT2D eigenvalue weighted by Crippen LogP contribution is 2.13. The number of rotatable bonds is 31. The molecule has 2 rings (SSSR count). The second-order valence-corrected chi connectivity index (χ2v) is 23.1. The molecule has 25 N–H and O–H groups in total. The van der Waals surface area contributed by atoms with Crippen molar-refractivity contribution in [1.82, 2.24) is 58.5 Å². The van der Waals surface area contributed by atoms with Crippen LogP contribution in [0.1, 0.15) is 118 Å². The lowest BCUT2D eigenvalue weighted by molar-refractivity contribution is -0.155. The highest BCUT2D eigenvalue weighted by Gasteiger charge is 2.39. The number of ether oxygens (including phenoxy) is 1. The molecule has 0 radical (unpaired) electrons. The Morgan fingerprint density at radius 1 is 0.578 bits per heavy atom. The molecule has 11 amide bonds. The van der Waals surface area contributed by atoms with E-state index in [4.69, 9.17) is 39.1 Å². The molecular formula is C58H101N17O15. The average Bonchev–Trinajstić information content (AvgIpc) is 1.33. The molecule has 508 valence electrons. The Kier molecular flexibility index (Phi) is 36.5. The second kappa shape index (κ2) is 41.8. The van der Waals surface area contributed by atoms with E-state index in [1.807, 2.05) is 13.8 Å². The van der Waals surface area contributed by atoms with Crippen LogP contribution in [0.2, 0.25) is 0 Å². The van der Waals surface area contributed by atoms with Crippen molar-refractivity contribution >= 4 is 70.9 Å². The first-order chi connectivity index (χ1) is 42.6. The maximum atomic E-state index is 14.7. The SMILES string of the molecule is CC(C)CCCCC(=O)N[C@@H](CCN)C(=O)N[C@H](C(=O)N[C@@H](CCN)C(=O)N[C@H]1CCNC(=O)[C@H]([C@@H](C)O)NC(=O)[C@H](CCN)NC(=O)[C@H](CCN)NC(=O)[C@H](CC(C)C)NC(=O)[C@@H](Cc2ccccc2)NC(=O)[C@H](CCN)NC1=O)[C@@H](C)OC(=O)[C@@H](N)CO. The number of aliphatic hydroxyl groups is 2. The quantitative estimate of drug-likeness (QED) is 0.0243. The standard InChI is InChI=1S/C58H101N17O15/c1-31(2)12-10-11-15-45(78)66-37(16-22-59)52(83)75-47(34(6)90-58(89)36(64)30-76)57(88)71-40(19-25-62)49(80)70-42-21-27-65-56(87)46(33(5)77)74-53(84)41(20-26-63)68-48(79)38(17-23-60)69-54(85)43(28-32(3)4)72-55(86)44(29-35-13-8-7-9-14-35)73-50(81)39(18-24-61)67-51(42)82/h7-9,13-14,31-34,36-44,46-47,76-77H,10-12,15-30,59-64H2,1-6H3,(H,65,87)(H,66,78)(H,67,82)(H,68,79)(H,69,85)(H,70,80)(H,71,88)(H,72,86)(H,73,81)(H,74,84)(H,75,83)/t33-,34-,36+,37+,38+,39+,40+,41+,42+,43+,44-,46+,47+/m1/s1. The first-order valence-electron chi connectivity index (χ1n) is 30.7. The third-order valence-corrected chi connectivity index (χ3v) is 14.4. The number of hydrogen-bond donors (Lipinski definition) is 19. The van der Waals surface area contributed by atoms with E-state index in [2.05, 4.69) is 58.5 Å². The molecular weight excluding hydrogens is 1170 g/mol. The van der Waals surface area contributed by atoms with Gasteiger partial charge in [0.1, 0.15) is 72.6 Å². The molecule has 1 fully saturated rings. The predicted octanol–water partition coefficient (Wildman–Crippen LogP) is -6.76. The van der Waals surface area contributed by atoms with Gasteiger partial charge in [0.25, 0.3) is 0 Å². The molecule has 0 bridgehead atoms. The smallest absolute Gasteiger partial charge is 0.325 e. The molecule has 0 aromatic heterocycles. The lowest BCUT2D eigenvalue weighted by Crippen LogP contribution is -2.62. The summed E-state index contributed by atoms with van der Waals surface area (Å²) in [5, 5.41) is 48.4. The number of hydrogen-bond acceptors (Lipinski definition) is 21. The minimum absolute atomic E-state index is 0.0259. The normalized spacial score (nSPS) is 22.3. The Balaban J connectivity index is 2.78. The number of esters is 1. The van der Waals surface area contributed by atoms with E-state index >= 15 is 0 Å². The van der Waals surface area contributed by atoms with Gasteiger partial charge in [-0.25, -0.2) is 0 Å². The van der Waals surface area contributed by atoms with Crippen molar-refractivity contribution < 1.29 is 72.5 Å². The fourth-order valence-electron chi connectivity index (χ4n) is 9.38. The zero-order valence-corrected chi connectivity index (χ0v) is 52.6. The second-order valence-electron chi connectivity index (χ2n) is 23.1. The number of aliphatic hydroxyl groups excluding tert-OH is 2. The molecule has 32 nitrogen and oxygen atoms in total. The van der Waals surface area contributed by atoms with E-state index < -0.39 is 169 Å². The van der Waals surface area contributed by atoms with Gasteiger partial charge in [-0.15, -0.1) is 0 Å². The molecule has 0 unspecified atom stereocenters. The van der Waals surface area contributed by atoms with Crippen molar-refractivity contribution in [3.8, 4) is 0 Å². The third kappa shape index (κ3) is 28.2. The molecule has 32 heteroatoms. The molecule has 13 atom stereocenters. The van der Waals surface area contributed by atoms with Crippen molar-refractivity contribution in [2.75, 3.05) is 45.9 Å². The molecule has 1 heterocycles. The summed E-state index contributed by atoms with van der Waals surface area (Å²) >= 11 is 0. The Morgan fingerprint density at radius 2 is 1.08 bits per heavy atom. The average molecular weight is 1280 g/mol. The number of unbranched alkanes of at least 4 members (excludes halogenated alkanes) is 1. The van der Waals surface area contributed by atoms with Gasteiger partial charge >= 0.3 is 5.97 Å². The van der Waals surface area contributed by atoms with Crippen LogP contribution in [0.4, 0.5) is 0 Å². The van der Waals surface area contributed by atoms with E-state index in [1.165, 1.54) is 13.8 Å². The van der Waals surface area contributed by atoms with Gasteiger partial charge in [-0.3, -0.25) is 57.5 Å². The highest BCUT2D eigenvalue weighted by molar-refractivity contribution is 5.99. The van der Waals surface area contributed by atoms with Crippen LogP contribution in [0.3, 0.4) is 0 Å². The summed E-state index contributed by atoms with van der Waals surface area (Å²) in [6.07, 6.45) is -2.66. The molecule has 90 heavy (non-hydrogen) atoms. The van der Waals surface area contributed by atoms with Crippen LogP contribution < -0.4 is 92.9 Å². The van der Waals surface area contributed by atoms with E-state index in [0.29, 0.717) is 17.9 Å². The fourth-order valence-corrected chi connectivity index (χ4v) is 9.38. The van der Waals surface area contributed by atoms with Crippen LogP contribution in [-0.2, 0) is 68.7 Å². The van der Waals surface area contributed by atoms with Crippen LogP contribution in [0.15, 0.2) is 30.3 Å². The van der Waals surface area contributed by atoms with Gasteiger partial charge in [0.05, 0.1) is 12.7 Å². The van der Waals surface area contributed by atoms with Gasteiger partial charge in [-0.2, -0.15) is 0 Å². The summed E-state index contributed by atoms with van der Waals surface area (Å²) in [6, 6.07) is -8.48. The van der Waals surface area contributed by atoms with E-state index in [9.17, 15) is 67.7 Å². The minimum Gasteiger partial charge on any atom is -0.459 e. The lowest BCUT2D eigenvalue weighted by Gasteiger charge is -2.30. The largest absolute Gasteiger partial charge is 0.459 e. The fraction of sp³-hybridized carbons (Fsp3) is 0.690. The number of carbonyl (C=O) groups excluding carboxylic acids is 12. The van der Waals surface area contributed by atoms with Gasteiger partial charge in [-0.1, -0.05) is 70.9 Å². The van der Waals surface area contributed by atoms with E-state index in [0.717, 1.165) is 12.8 Å². The summed E-state index contributed by atoms with van der Waals surface area (Å²) in [5.74, 6) is -11.3. The van der Waals surface area contributed by atoms with Gasteiger partial charge < -0.3 is 108 Å². The van der Waals surface area contributed by atoms with Gasteiger partial charge in [0.15, 0.2) is 0 Å². The summed E-state index contributed by atoms with van der Waals surface area (Å²) in [7, 11) is 0. The Morgan fingerprint density at radius 3 is 1.59 bits per heavy atom. The Bertz CT molecular complexity index is 2500. The third-order valence-electron chi connectivity index (χ3n) is 14.4. The summed E-state index contributed by atoms with van der Waals surface area (Å²) in [4.78, 5) is 168. The number of carbonyl (C=O) groups is 12. The Labute approximate surface area is 525 Å². The van der Waals surface area contributed by atoms with Crippen molar-refractivity contribution in [2.24, 2.45) is 46.2 Å². The molecule has 0 aliphatic carbocycles. The number of nitrogens with one attached hydrogen (secondary N) is 11. The van der Waals surface area contributed by atoms with Crippen LogP contribution >= 0.6 is 0 Å². The Hall–Kier alpha value is -7.46. The zero-order chi connectivity index (χ0) is 67.6. The molecule has 1 saturated heterocycles. The molecule has 0 spiro atoms. The van der Waals surface area contributed by atoms with Gasteiger partial charge in [0.2, 0.25) is 65.0 Å². The first-order valence-corrected chi connectivity index (χ1v) is 30.7. The topological polar surface area (TPSA) is 543 Å². The van der Waals surface area contributed by atoms with Crippen molar-refractivity contribution in [2.45, 2.75) is 197 Å². The number of amides is 11. The molecule has 1 aromatic carbocycles. The van der Waals surface area contributed by atoms with Crippen molar-refractivity contribution in [3.63, 3.8) is 0 Å². The maximum Gasteiger partial charge on any atom is 0.325 e. The molecule has 1 aromatic rings. The van der Waals surface area contributed by atoms with E-state index in [1.54, 1.807) is 44.2 Å². The van der Waals surface area contributed by atoms with Crippen LogP contribution in [0.25, 0.3) is 0 Å². The lowest BCUT2D eigenvalue weighted by atomic mass is 10.00. The van der Waals surface area contributed by atoms with Gasteiger partial charge in [0, 0.05) is 19.4 Å².